The fourth-order valence-corrected chi connectivity index (χ4v) is 1.92. The molecule has 0 atom stereocenters. The summed E-state index contributed by atoms with van der Waals surface area (Å²) in [5.74, 6) is -0.294. The Labute approximate surface area is 84.1 Å². The lowest BCUT2D eigenvalue weighted by Gasteiger charge is -2.07. The van der Waals surface area contributed by atoms with Gasteiger partial charge < -0.3 is 4.79 Å². The highest BCUT2D eigenvalue weighted by atomic mass is 79.9. The molecule has 13 heavy (non-hydrogen) atoms. The molecule has 1 nitrogen and oxygen atoms in total. The molecule has 0 saturated heterocycles. The summed E-state index contributed by atoms with van der Waals surface area (Å²) in [6.07, 6.45) is 2.60. The van der Waals surface area contributed by atoms with E-state index in [9.17, 15) is 9.18 Å². The molecule has 0 N–H and O–H groups in total. The van der Waals surface area contributed by atoms with E-state index in [2.05, 4.69) is 15.9 Å². The largest absolute Gasteiger partial charge is 0.302 e. The third-order valence-corrected chi connectivity index (χ3v) is 2.91. The zero-order chi connectivity index (χ0) is 9.47. The van der Waals surface area contributed by atoms with Crippen molar-refractivity contribution in [2.24, 2.45) is 0 Å². The van der Waals surface area contributed by atoms with Crippen LogP contribution in [0.4, 0.5) is 4.39 Å². The van der Waals surface area contributed by atoms with E-state index in [1.807, 2.05) is 6.07 Å². The lowest BCUT2D eigenvalue weighted by molar-refractivity contribution is -0.109. The van der Waals surface area contributed by atoms with E-state index in [0.717, 1.165) is 24.7 Å². The summed E-state index contributed by atoms with van der Waals surface area (Å²) in [6.45, 7) is 0. The number of rotatable bonds is 2. The Balaban J connectivity index is 2.46. The van der Waals surface area contributed by atoms with Crippen molar-refractivity contribution in [3.8, 4) is 0 Å². The fraction of sp³-hybridized carbons (Fsp3) is 0.300. The number of aldehydes is 1. The molecule has 0 aliphatic heterocycles. The molecule has 3 heteroatoms. The monoisotopic (exact) mass is 242 g/mol. The molecule has 0 amide bonds. The standard InChI is InChI=1S/C10H8BrFO/c11-8-3-7(4-9(12)5-8)10(6-13)1-2-10/h3-6H,1-2H2. The minimum atomic E-state index is -0.384. The summed E-state index contributed by atoms with van der Waals surface area (Å²) >= 11 is 3.21. The zero-order valence-corrected chi connectivity index (χ0v) is 8.47. The maximum Gasteiger partial charge on any atom is 0.130 e. The second-order valence-corrected chi connectivity index (χ2v) is 4.35. The van der Waals surface area contributed by atoms with Gasteiger partial charge in [0.1, 0.15) is 12.1 Å². The Morgan fingerprint density at radius 2 is 2.08 bits per heavy atom. The van der Waals surface area contributed by atoms with E-state index in [1.165, 1.54) is 12.1 Å². The Kier molecular flexibility index (Phi) is 1.99. The van der Waals surface area contributed by atoms with Crippen molar-refractivity contribution in [2.45, 2.75) is 18.3 Å². The topological polar surface area (TPSA) is 17.1 Å². The van der Waals surface area contributed by atoms with Gasteiger partial charge in [-0.25, -0.2) is 4.39 Å². The number of hydrogen-bond acceptors (Lipinski definition) is 1. The number of benzene rings is 1. The molecule has 0 aromatic heterocycles. The smallest absolute Gasteiger partial charge is 0.130 e. The molecule has 1 aliphatic carbocycles. The molecule has 0 spiro atoms. The second kappa shape index (κ2) is 2.91. The fourth-order valence-electron chi connectivity index (χ4n) is 1.45. The van der Waals surface area contributed by atoms with E-state index in [4.69, 9.17) is 0 Å². The molecule has 0 heterocycles. The maximum atomic E-state index is 13.0. The molecule has 1 aromatic rings. The second-order valence-electron chi connectivity index (χ2n) is 3.43. The average Bonchev–Trinajstić information content (AvgIpc) is 2.82. The molecular weight excluding hydrogens is 235 g/mol. The molecular formula is C10H8BrFO. The van der Waals surface area contributed by atoms with Gasteiger partial charge in [-0.1, -0.05) is 15.9 Å². The molecule has 68 valence electrons. The third-order valence-electron chi connectivity index (χ3n) is 2.45. The van der Waals surface area contributed by atoms with Crippen LogP contribution in [0.1, 0.15) is 18.4 Å². The SMILES string of the molecule is O=CC1(c2cc(F)cc(Br)c2)CC1. The van der Waals surface area contributed by atoms with Crippen LogP contribution in [0.3, 0.4) is 0 Å². The van der Waals surface area contributed by atoms with Crippen molar-refractivity contribution in [3.05, 3.63) is 34.1 Å². The highest BCUT2D eigenvalue weighted by molar-refractivity contribution is 9.10. The predicted octanol–water partition coefficient (Wildman–Crippen LogP) is 2.82. The molecule has 1 aliphatic rings. The first-order valence-corrected chi connectivity index (χ1v) is 4.88. The molecule has 0 unspecified atom stereocenters. The minimum absolute atomic E-state index is 0.294. The Morgan fingerprint density at radius 1 is 1.38 bits per heavy atom. The van der Waals surface area contributed by atoms with E-state index in [-0.39, 0.29) is 11.2 Å². The first kappa shape index (κ1) is 8.88. The number of carbonyl (C=O) groups excluding carboxylic acids is 1. The lowest BCUT2D eigenvalue weighted by Crippen LogP contribution is -2.07. The average molecular weight is 243 g/mol. The quantitative estimate of drug-likeness (QED) is 0.730. The summed E-state index contributed by atoms with van der Waals surface area (Å²) in [5.41, 5.74) is 0.402. The number of halogens is 2. The molecule has 1 aromatic carbocycles. The lowest BCUT2D eigenvalue weighted by atomic mass is 9.98. The van der Waals surface area contributed by atoms with Gasteiger partial charge in [0.15, 0.2) is 0 Å². The van der Waals surface area contributed by atoms with Crippen LogP contribution in [0, 0.1) is 5.82 Å². The molecule has 0 radical (unpaired) electrons. The summed E-state index contributed by atoms with van der Waals surface area (Å²) in [7, 11) is 0. The summed E-state index contributed by atoms with van der Waals surface area (Å²) < 4.78 is 13.7. The number of hydrogen-bond donors (Lipinski definition) is 0. The van der Waals surface area contributed by atoms with Crippen molar-refractivity contribution in [1.29, 1.82) is 0 Å². The van der Waals surface area contributed by atoms with Crippen LogP contribution in [0.5, 0.6) is 0 Å². The van der Waals surface area contributed by atoms with Gasteiger partial charge in [0.25, 0.3) is 0 Å². The van der Waals surface area contributed by atoms with Crippen molar-refractivity contribution in [3.63, 3.8) is 0 Å². The maximum absolute atomic E-state index is 13.0. The molecule has 1 saturated carbocycles. The highest BCUT2D eigenvalue weighted by Gasteiger charge is 2.44. The Morgan fingerprint density at radius 3 is 2.54 bits per heavy atom. The van der Waals surface area contributed by atoms with Gasteiger partial charge >= 0.3 is 0 Å². The van der Waals surface area contributed by atoms with E-state index in [0.29, 0.717) is 4.47 Å². The van der Waals surface area contributed by atoms with Gasteiger partial charge in [-0.15, -0.1) is 0 Å². The van der Waals surface area contributed by atoms with Crippen molar-refractivity contribution in [2.75, 3.05) is 0 Å². The first-order chi connectivity index (χ1) is 6.16. The van der Waals surface area contributed by atoms with Crippen LogP contribution >= 0.6 is 15.9 Å². The van der Waals surface area contributed by atoms with Crippen molar-refractivity contribution in [1.82, 2.24) is 0 Å². The predicted molar refractivity (Wildman–Crippen MR) is 51.1 cm³/mol. The zero-order valence-electron chi connectivity index (χ0n) is 6.89. The first-order valence-electron chi connectivity index (χ1n) is 4.09. The third kappa shape index (κ3) is 1.53. The van der Waals surface area contributed by atoms with Gasteiger partial charge in [0, 0.05) is 4.47 Å². The minimum Gasteiger partial charge on any atom is -0.302 e. The van der Waals surface area contributed by atoms with Crippen molar-refractivity contribution < 1.29 is 9.18 Å². The van der Waals surface area contributed by atoms with Gasteiger partial charge in [0.05, 0.1) is 5.41 Å². The van der Waals surface area contributed by atoms with Crippen molar-refractivity contribution >= 4 is 22.2 Å². The van der Waals surface area contributed by atoms with Gasteiger partial charge in [-0.2, -0.15) is 0 Å². The highest BCUT2D eigenvalue weighted by Crippen LogP contribution is 2.46. The van der Waals surface area contributed by atoms with Crippen LogP contribution in [0.2, 0.25) is 0 Å². The van der Waals surface area contributed by atoms with Gasteiger partial charge in [-0.05, 0) is 36.6 Å². The Hall–Kier alpha value is -0.700. The van der Waals surface area contributed by atoms with Crippen LogP contribution in [-0.4, -0.2) is 6.29 Å². The normalized spacial score (nSPS) is 18.3. The van der Waals surface area contributed by atoms with Crippen LogP contribution in [0.25, 0.3) is 0 Å². The van der Waals surface area contributed by atoms with Gasteiger partial charge in [0.2, 0.25) is 0 Å². The summed E-state index contributed by atoms with van der Waals surface area (Å²) in [5, 5.41) is 0. The summed E-state index contributed by atoms with van der Waals surface area (Å²) in [4.78, 5) is 10.8. The van der Waals surface area contributed by atoms with Gasteiger partial charge in [-0.3, -0.25) is 0 Å². The van der Waals surface area contributed by atoms with Crippen LogP contribution in [-0.2, 0) is 10.2 Å². The molecule has 1 fully saturated rings. The van der Waals surface area contributed by atoms with E-state index < -0.39 is 0 Å². The Bertz CT molecular complexity index is 338. The molecule has 0 bridgehead atoms. The summed E-state index contributed by atoms with van der Waals surface area (Å²) in [6, 6.07) is 4.64. The number of carbonyl (C=O) groups is 1. The van der Waals surface area contributed by atoms with Crippen LogP contribution < -0.4 is 0 Å². The van der Waals surface area contributed by atoms with E-state index in [1.54, 1.807) is 0 Å². The van der Waals surface area contributed by atoms with E-state index >= 15 is 0 Å². The molecule has 2 rings (SSSR count). The van der Waals surface area contributed by atoms with Crippen LogP contribution in [0.15, 0.2) is 22.7 Å².